The number of benzene rings is 2. The van der Waals surface area contributed by atoms with E-state index in [4.69, 9.17) is 5.73 Å². The first kappa shape index (κ1) is 17.4. The maximum Gasteiger partial charge on any atom is 0.276 e. The molecule has 2 aromatic rings. The maximum atomic E-state index is 12.4. The van der Waals surface area contributed by atoms with Crippen LogP contribution in [0.1, 0.15) is 65.5 Å². The Bertz CT molecular complexity index is 861. The van der Waals surface area contributed by atoms with Crippen LogP contribution in [-0.4, -0.2) is 17.0 Å². The zero-order valence-corrected chi connectivity index (χ0v) is 14.8. The van der Waals surface area contributed by atoms with E-state index in [-0.39, 0.29) is 16.5 Å². The topological polar surface area (TPSA) is 92.4 Å². The predicted molar refractivity (Wildman–Crippen MR) is 96.8 cm³/mol. The Morgan fingerprint density at radius 1 is 1.20 bits per heavy atom. The molecule has 1 fully saturated rings. The molecule has 0 spiro atoms. The van der Waals surface area contributed by atoms with Gasteiger partial charge in [-0.1, -0.05) is 39.0 Å². The number of primary amides is 1. The second kappa shape index (κ2) is 6.15. The van der Waals surface area contributed by atoms with Crippen LogP contribution in [-0.2, 0) is 11.8 Å². The van der Waals surface area contributed by atoms with Crippen molar-refractivity contribution in [3.05, 3.63) is 46.5 Å². The van der Waals surface area contributed by atoms with Gasteiger partial charge >= 0.3 is 0 Å². The molecule has 0 atom stereocenters. The van der Waals surface area contributed by atoms with Crippen molar-refractivity contribution >= 4 is 22.6 Å². The molecule has 0 radical (unpaired) electrons. The van der Waals surface area contributed by atoms with Crippen molar-refractivity contribution in [3.63, 3.8) is 0 Å². The number of carbonyl (C=O) groups excluding carboxylic acids is 2. The fourth-order valence-corrected chi connectivity index (χ4v) is 3.44. The Labute approximate surface area is 147 Å². The van der Waals surface area contributed by atoms with Gasteiger partial charge in [0.25, 0.3) is 5.91 Å². The number of hydrogen-bond donors (Lipinski definition) is 3. The highest BCUT2D eigenvalue weighted by Gasteiger charge is 2.30. The van der Waals surface area contributed by atoms with E-state index in [0.29, 0.717) is 16.9 Å². The molecular weight excluding hydrogens is 316 g/mol. The van der Waals surface area contributed by atoms with Gasteiger partial charge in [-0.15, -0.1) is 0 Å². The Hall–Kier alpha value is -2.40. The molecule has 5 heteroatoms. The minimum Gasteiger partial charge on any atom is -0.366 e. The van der Waals surface area contributed by atoms with Gasteiger partial charge in [0.05, 0.1) is 11.1 Å². The number of nitrogens with one attached hydrogen (secondary N) is 1. The van der Waals surface area contributed by atoms with E-state index in [0.717, 1.165) is 17.4 Å². The number of hydrogen-bond acceptors (Lipinski definition) is 3. The van der Waals surface area contributed by atoms with Crippen LogP contribution < -0.4 is 11.2 Å². The molecule has 1 aliphatic carbocycles. The Morgan fingerprint density at radius 3 is 2.40 bits per heavy atom. The predicted octanol–water partition coefficient (Wildman–Crippen LogP) is 3.31. The quantitative estimate of drug-likeness (QED) is 0.589. The average Bonchev–Trinajstić information content (AvgIpc) is 3.35. The Morgan fingerprint density at radius 2 is 1.88 bits per heavy atom. The maximum absolute atomic E-state index is 12.4. The molecule has 5 nitrogen and oxygen atoms in total. The zero-order chi connectivity index (χ0) is 18.4. The van der Waals surface area contributed by atoms with Gasteiger partial charge in [-0.05, 0) is 58.6 Å². The summed E-state index contributed by atoms with van der Waals surface area (Å²) in [4.78, 5) is 24.6. The molecule has 0 bridgehead atoms. The Kier molecular flexibility index (Phi) is 4.29. The minimum atomic E-state index is -0.714. The number of nitrogens with two attached hydrogens (primary N) is 1. The summed E-state index contributed by atoms with van der Waals surface area (Å²) in [5.41, 5.74) is 9.12. The fraction of sp³-hybridized carbons (Fsp3) is 0.400. The van der Waals surface area contributed by atoms with Gasteiger partial charge in [0, 0.05) is 0 Å². The number of amides is 2. The number of hydroxylamine groups is 1. The summed E-state index contributed by atoms with van der Waals surface area (Å²) < 4.78 is 0. The number of carbonyl (C=O) groups is 2. The van der Waals surface area contributed by atoms with Gasteiger partial charge in [-0.25, -0.2) is 5.48 Å². The molecular formula is C20H24N2O3. The normalized spacial score (nSPS) is 14.6. The minimum absolute atomic E-state index is 0.148. The standard InChI is InChI=1S/C20H24N2O3/c1-20(2,3)15-10-14-12(9-11-7-8-11)5-4-6-13(14)16(19(24)22-25)17(15)18(21)23/h4-6,10-11,25H,7-9H2,1-3H3,(H2,21,23)(H,22,24). The van der Waals surface area contributed by atoms with Gasteiger partial charge in [0.1, 0.15) is 0 Å². The summed E-state index contributed by atoms with van der Waals surface area (Å²) >= 11 is 0. The molecule has 1 saturated carbocycles. The zero-order valence-electron chi connectivity index (χ0n) is 14.8. The van der Waals surface area contributed by atoms with Crippen molar-refractivity contribution in [2.45, 2.75) is 45.4 Å². The lowest BCUT2D eigenvalue weighted by molar-refractivity contribution is 0.0704. The third kappa shape index (κ3) is 3.24. The van der Waals surface area contributed by atoms with Gasteiger partial charge in [0.15, 0.2) is 0 Å². The van der Waals surface area contributed by atoms with Crippen LogP contribution >= 0.6 is 0 Å². The molecule has 0 saturated heterocycles. The molecule has 132 valence electrons. The third-order valence-electron chi connectivity index (χ3n) is 4.86. The molecule has 4 N–H and O–H groups in total. The van der Waals surface area contributed by atoms with Crippen molar-refractivity contribution in [1.29, 1.82) is 0 Å². The van der Waals surface area contributed by atoms with E-state index in [1.54, 1.807) is 11.5 Å². The summed E-state index contributed by atoms with van der Waals surface area (Å²) in [6.07, 6.45) is 3.41. The van der Waals surface area contributed by atoms with E-state index in [2.05, 4.69) is 6.07 Å². The second-order valence-electron chi connectivity index (χ2n) is 7.89. The molecule has 0 heterocycles. The van der Waals surface area contributed by atoms with Crippen LogP contribution in [0, 0.1) is 5.92 Å². The largest absolute Gasteiger partial charge is 0.366 e. The van der Waals surface area contributed by atoms with Crippen molar-refractivity contribution in [2.24, 2.45) is 11.7 Å². The van der Waals surface area contributed by atoms with E-state index in [1.165, 1.54) is 12.8 Å². The summed E-state index contributed by atoms with van der Waals surface area (Å²) in [6.45, 7) is 5.93. The first-order chi connectivity index (χ1) is 11.7. The van der Waals surface area contributed by atoms with E-state index < -0.39 is 11.8 Å². The van der Waals surface area contributed by atoms with Gasteiger partial charge < -0.3 is 5.73 Å². The highest BCUT2D eigenvalue weighted by molar-refractivity contribution is 6.16. The molecule has 2 amide bonds. The summed E-state index contributed by atoms with van der Waals surface area (Å²) in [7, 11) is 0. The van der Waals surface area contributed by atoms with E-state index in [9.17, 15) is 14.8 Å². The Balaban J connectivity index is 2.41. The van der Waals surface area contributed by atoms with E-state index in [1.807, 2.05) is 32.9 Å². The summed E-state index contributed by atoms with van der Waals surface area (Å²) in [5.74, 6) is -0.693. The monoisotopic (exact) mass is 340 g/mol. The van der Waals surface area contributed by atoms with Crippen LogP contribution in [0.5, 0.6) is 0 Å². The van der Waals surface area contributed by atoms with Gasteiger partial charge in [-0.3, -0.25) is 14.8 Å². The van der Waals surface area contributed by atoms with Crippen LogP contribution in [0.15, 0.2) is 24.3 Å². The highest BCUT2D eigenvalue weighted by Crippen LogP contribution is 2.38. The van der Waals surface area contributed by atoms with Crippen molar-refractivity contribution < 1.29 is 14.8 Å². The average molecular weight is 340 g/mol. The van der Waals surface area contributed by atoms with Crippen LogP contribution in [0.25, 0.3) is 10.8 Å². The van der Waals surface area contributed by atoms with E-state index >= 15 is 0 Å². The SMILES string of the molecule is CC(C)(C)c1cc2c(CC3CC3)cccc2c(C(=O)NO)c1C(N)=O. The molecule has 1 aliphatic rings. The molecule has 25 heavy (non-hydrogen) atoms. The van der Waals surface area contributed by atoms with Crippen LogP contribution in [0.4, 0.5) is 0 Å². The molecule has 3 rings (SSSR count). The number of rotatable bonds is 4. The highest BCUT2D eigenvalue weighted by atomic mass is 16.5. The molecule has 0 aliphatic heterocycles. The fourth-order valence-electron chi connectivity index (χ4n) is 3.44. The lowest BCUT2D eigenvalue weighted by Crippen LogP contribution is -2.28. The lowest BCUT2D eigenvalue weighted by atomic mass is 9.79. The van der Waals surface area contributed by atoms with Crippen molar-refractivity contribution in [3.8, 4) is 0 Å². The van der Waals surface area contributed by atoms with Crippen LogP contribution in [0.3, 0.4) is 0 Å². The first-order valence-electron chi connectivity index (χ1n) is 8.57. The smallest absolute Gasteiger partial charge is 0.276 e. The summed E-state index contributed by atoms with van der Waals surface area (Å²) in [5, 5.41) is 10.8. The molecule has 0 aromatic heterocycles. The second-order valence-corrected chi connectivity index (χ2v) is 7.89. The van der Waals surface area contributed by atoms with Crippen molar-refractivity contribution in [2.75, 3.05) is 0 Å². The van der Waals surface area contributed by atoms with Gasteiger partial charge in [-0.2, -0.15) is 0 Å². The number of fused-ring (bicyclic) bond motifs is 1. The molecule has 0 unspecified atom stereocenters. The lowest BCUT2D eigenvalue weighted by Gasteiger charge is -2.25. The van der Waals surface area contributed by atoms with Crippen molar-refractivity contribution in [1.82, 2.24) is 5.48 Å². The molecule has 2 aromatic carbocycles. The third-order valence-corrected chi connectivity index (χ3v) is 4.86. The van der Waals surface area contributed by atoms with Crippen LogP contribution in [0.2, 0.25) is 0 Å². The summed E-state index contributed by atoms with van der Waals surface area (Å²) in [6, 6.07) is 7.74. The first-order valence-corrected chi connectivity index (χ1v) is 8.57. The van der Waals surface area contributed by atoms with Gasteiger partial charge in [0.2, 0.25) is 5.91 Å².